The number of carbonyl (C=O) groups is 2. The molecule has 3 aromatic rings. The maximum Gasteiger partial charge on any atom is 0.337 e. The van der Waals surface area contributed by atoms with Gasteiger partial charge in [0, 0.05) is 0 Å². The van der Waals surface area contributed by atoms with Crippen LogP contribution in [-0.2, 0) is 27.3 Å². The predicted octanol–water partition coefficient (Wildman–Crippen LogP) is 2.14. The first kappa shape index (κ1) is 20.0. The van der Waals surface area contributed by atoms with Crippen molar-refractivity contribution in [3.63, 3.8) is 0 Å². The summed E-state index contributed by atoms with van der Waals surface area (Å²) in [5, 5.41) is 0.279. The number of halogens is 1. The van der Waals surface area contributed by atoms with E-state index in [1.807, 2.05) is 0 Å². The third-order valence-corrected chi connectivity index (χ3v) is 4.11. The van der Waals surface area contributed by atoms with Crippen LogP contribution in [-0.4, -0.2) is 36.1 Å². The molecule has 0 bridgehead atoms. The average molecular weight is 400 g/mol. The molecular weight excluding hydrogens is 383 g/mol. The first-order valence-electron chi connectivity index (χ1n) is 8.50. The number of H-pyrrole nitrogens is 1. The minimum absolute atomic E-state index is 0.0754. The second-order valence-corrected chi connectivity index (χ2v) is 6.04. The van der Waals surface area contributed by atoms with Gasteiger partial charge < -0.3 is 19.2 Å². The number of rotatable bonds is 6. The molecule has 0 spiro atoms. The van der Waals surface area contributed by atoms with E-state index in [1.165, 1.54) is 44.6 Å². The number of esters is 2. The minimum atomic E-state index is -0.624. The molecule has 0 fully saturated rings. The number of aromatic amines is 1. The minimum Gasteiger partial charge on any atom is -0.494 e. The molecule has 0 amide bonds. The Labute approximate surface area is 164 Å². The maximum atomic E-state index is 13.7. The summed E-state index contributed by atoms with van der Waals surface area (Å²) in [4.78, 5) is 42.6. The van der Waals surface area contributed by atoms with Gasteiger partial charge in [-0.15, -0.1) is 0 Å². The fourth-order valence-electron chi connectivity index (χ4n) is 2.69. The van der Waals surface area contributed by atoms with Crippen molar-refractivity contribution in [3.8, 4) is 5.75 Å². The van der Waals surface area contributed by atoms with Crippen molar-refractivity contribution in [3.05, 3.63) is 69.5 Å². The molecule has 0 saturated heterocycles. The molecule has 0 atom stereocenters. The van der Waals surface area contributed by atoms with Gasteiger partial charge in [-0.25, -0.2) is 14.2 Å². The van der Waals surface area contributed by atoms with E-state index < -0.39 is 23.3 Å². The van der Waals surface area contributed by atoms with E-state index in [0.29, 0.717) is 5.56 Å². The Hall–Kier alpha value is -3.75. The second-order valence-electron chi connectivity index (χ2n) is 6.04. The summed E-state index contributed by atoms with van der Waals surface area (Å²) in [5.41, 5.74) is 0.480. The third kappa shape index (κ3) is 4.57. The highest BCUT2D eigenvalue weighted by molar-refractivity contribution is 5.93. The predicted molar refractivity (Wildman–Crippen MR) is 100 cm³/mol. The highest BCUT2D eigenvalue weighted by atomic mass is 19.1. The molecular formula is C20H17FN2O6. The lowest BCUT2D eigenvalue weighted by molar-refractivity contribution is -0.144. The Balaban J connectivity index is 1.72. The number of ether oxygens (including phenoxy) is 3. The van der Waals surface area contributed by atoms with Gasteiger partial charge in [0.25, 0.3) is 5.56 Å². The van der Waals surface area contributed by atoms with E-state index in [-0.39, 0.29) is 41.1 Å². The first-order chi connectivity index (χ1) is 13.9. The van der Waals surface area contributed by atoms with Crippen LogP contribution < -0.4 is 10.3 Å². The van der Waals surface area contributed by atoms with E-state index in [4.69, 9.17) is 9.47 Å². The molecule has 3 rings (SSSR count). The van der Waals surface area contributed by atoms with Crippen molar-refractivity contribution >= 4 is 22.8 Å². The number of methoxy groups -OCH3 is 2. The van der Waals surface area contributed by atoms with Gasteiger partial charge in [0.1, 0.15) is 12.4 Å². The number of nitrogens with zero attached hydrogens (tertiary/aromatic N) is 1. The van der Waals surface area contributed by atoms with E-state index in [0.717, 1.165) is 0 Å². The Morgan fingerprint density at radius 2 is 1.93 bits per heavy atom. The van der Waals surface area contributed by atoms with E-state index in [9.17, 15) is 18.8 Å². The van der Waals surface area contributed by atoms with Crippen LogP contribution in [0.15, 0.2) is 41.2 Å². The maximum absolute atomic E-state index is 13.7. The lowest BCUT2D eigenvalue weighted by Crippen LogP contribution is -2.15. The molecule has 0 saturated carbocycles. The molecule has 0 radical (unpaired) electrons. The third-order valence-electron chi connectivity index (χ3n) is 4.11. The number of carbonyl (C=O) groups excluding carboxylic acids is 2. The fourth-order valence-corrected chi connectivity index (χ4v) is 2.69. The zero-order valence-corrected chi connectivity index (χ0v) is 15.7. The van der Waals surface area contributed by atoms with Crippen molar-refractivity contribution in [2.24, 2.45) is 0 Å². The monoisotopic (exact) mass is 400 g/mol. The molecule has 29 heavy (non-hydrogen) atoms. The highest BCUT2D eigenvalue weighted by Crippen LogP contribution is 2.18. The standard InChI is InChI=1S/C20H17FN2O6/c1-27-16-6-3-11(7-14(16)21)8-18(24)29-10-17-22-15-9-12(20(26)28-2)4-5-13(15)19(25)23-17/h3-7,9H,8,10H2,1-2H3,(H,22,23,25). The van der Waals surface area contributed by atoms with Gasteiger partial charge in [-0.05, 0) is 35.9 Å². The number of hydrogen-bond acceptors (Lipinski definition) is 7. The normalized spacial score (nSPS) is 10.6. The molecule has 8 nitrogen and oxygen atoms in total. The number of nitrogens with one attached hydrogen (secondary N) is 1. The van der Waals surface area contributed by atoms with Crippen LogP contribution >= 0.6 is 0 Å². The molecule has 0 aliphatic rings. The summed E-state index contributed by atoms with van der Waals surface area (Å²) in [7, 11) is 2.59. The lowest BCUT2D eigenvalue weighted by atomic mass is 10.1. The van der Waals surface area contributed by atoms with Gasteiger partial charge in [0.2, 0.25) is 0 Å². The number of fused-ring (bicyclic) bond motifs is 1. The molecule has 1 N–H and O–H groups in total. The van der Waals surface area contributed by atoms with E-state index in [1.54, 1.807) is 6.07 Å². The van der Waals surface area contributed by atoms with Crippen LogP contribution in [0.1, 0.15) is 21.7 Å². The van der Waals surface area contributed by atoms with Gasteiger partial charge in [-0.1, -0.05) is 6.07 Å². The van der Waals surface area contributed by atoms with Crippen LogP contribution in [0.3, 0.4) is 0 Å². The SMILES string of the molecule is COC(=O)c1ccc2c(=O)[nH]c(COC(=O)Cc3ccc(OC)c(F)c3)nc2c1. The number of aromatic nitrogens is 2. The number of benzene rings is 2. The van der Waals surface area contributed by atoms with Crippen LogP contribution in [0.25, 0.3) is 10.9 Å². The zero-order valence-electron chi connectivity index (χ0n) is 15.7. The summed E-state index contributed by atoms with van der Waals surface area (Å²) in [5.74, 6) is -1.58. The molecule has 150 valence electrons. The van der Waals surface area contributed by atoms with Crippen molar-refractivity contribution in [2.45, 2.75) is 13.0 Å². The van der Waals surface area contributed by atoms with Gasteiger partial charge in [-0.2, -0.15) is 0 Å². The average Bonchev–Trinajstić information content (AvgIpc) is 2.71. The quantitative estimate of drug-likeness (QED) is 0.632. The Bertz CT molecular complexity index is 1140. The van der Waals surface area contributed by atoms with Crippen LogP contribution in [0.4, 0.5) is 4.39 Å². The Kier molecular flexibility index (Phi) is 5.87. The molecule has 0 unspecified atom stereocenters. The first-order valence-corrected chi connectivity index (χ1v) is 8.50. The molecule has 0 aliphatic carbocycles. The van der Waals surface area contributed by atoms with Crippen molar-refractivity contribution in [1.82, 2.24) is 9.97 Å². The summed E-state index contributed by atoms with van der Waals surface area (Å²) in [6.45, 7) is -0.287. The molecule has 1 heterocycles. The summed E-state index contributed by atoms with van der Waals surface area (Å²) in [6.07, 6.45) is -0.161. The van der Waals surface area contributed by atoms with Crippen molar-refractivity contribution in [1.29, 1.82) is 0 Å². The van der Waals surface area contributed by atoms with Gasteiger partial charge >= 0.3 is 11.9 Å². The highest BCUT2D eigenvalue weighted by Gasteiger charge is 2.12. The smallest absolute Gasteiger partial charge is 0.337 e. The summed E-state index contributed by atoms with van der Waals surface area (Å²) >= 11 is 0. The van der Waals surface area contributed by atoms with Crippen LogP contribution in [0, 0.1) is 5.82 Å². The van der Waals surface area contributed by atoms with Gasteiger partial charge in [-0.3, -0.25) is 9.59 Å². The van der Waals surface area contributed by atoms with E-state index in [2.05, 4.69) is 14.7 Å². The molecule has 1 aromatic heterocycles. The largest absolute Gasteiger partial charge is 0.494 e. The Morgan fingerprint density at radius 3 is 2.62 bits per heavy atom. The molecule has 9 heteroatoms. The van der Waals surface area contributed by atoms with Gasteiger partial charge in [0.15, 0.2) is 11.6 Å². The van der Waals surface area contributed by atoms with Crippen LogP contribution in [0.5, 0.6) is 5.75 Å². The van der Waals surface area contributed by atoms with Crippen molar-refractivity contribution in [2.75, 3.05) is 14.2 Å². The zero-order chi connectivity index (χ0) is 21.0. The fraction of sp³-hybridized carbons (Fsp3) is 0.200. The summed E-state index contributed by atoms with van der Waals surface area (Å²) in [6, 6.07) is 8.49. The van der Waals surface area contributed by atoms with Gasteiger partial charge in [0.05, 0.1) is 37.1 Å². The van der Waals surface area contributed by atoms with Crippen molar-refractivity contribution < 1.29 is 28.2 Å². The molecule has 2 aromatic carbocycles. The van der Waals surface area contributed by atoms with Crippen LogP contribution in [0.2, 0.25) is 0 Å². The number of hydrogen-bond donors (Lipinski definition) is 1. The summed E-state index contributed by atoms with van der Waals surface area (Å²) < 4.78 is 28.3. The lowest BCUT2D eigenvalue weighted by Gasteiger charge is -2.07. The second kappa shape index (κ2) is 8.51. The molecule has 0 aliphatic heterocycles. The topological polar surface area (TPSA) is 108 Å². The Morgan fingerprint density at radius 1 is 1.14 bits per heavy atom. The van der Waals surface area contributed by atoms with E-state index >= 15 is 0 Å².